The van der Waals surface area contributed by atoms with Crippen LogP contribution in [-0.2, 0) is 26.1 Å². The molecule has 0 saturated carbocycles. The molecule has 0 aliphatic heterocycles. The van der Waals surface area contributed by atoms with Crippen molar-refractivity contribution in [2.45, 2.75) is 51.1 Å². The van der Waals surface area contributed by atoms with Gasteiger partial charge in [-0.25, -0.2) is 22.5 Å². The maximum absolute atomic E-state index is 14.8. The molecule has 0 aliphatic carbocycles. The van der Waals surface area contributed by atoms with Crippen LogP contribution in [0.25, 0.3) is 0 Å². The first-order chi connectivity index (χ1) is 10.5. The Labute approximate surface area is 138 Å². The molecular weight excluding hydrogens is 324 g/mol. The highest BCUT2D eigenvalue weighted by molar-refractivity contribution is 7.84. The molecule has 7 heteroatoms. The zero-order valence-corrected chi connectivity index (χ0v) is 14.8. The average molecular weight is 347 g/mol. The quantitative estimate of drug-likeness (QED) is 0.805. The second-order valence-corrected chi connectivity index (χ2v) is 8.25. The summed E-state index contributed by atoms with van der Waals surface area (Å²) >= 11 is 0. The minimum Gasteiger partial charge on any atom is -0.464 e. The molecule has 0 spiro atoms. The SMILES string of the molecule is CCOC(=O)[C@H](F)[C@](C)(N[S@](=O)C(C)(C)C)c1ccccc1F. The highest BCUT2D eigenvalue weighted by Crippen LogP contribution is 2.31. The van der Waals surface area contributed by atoms with Gasteiger partial charge in [-0.3, -0.25) is 0 Å². The van der Waals surface area contributed by atoms with Crippen molar-refractivity contribution in [3.8, 4) is 0 Å². The van der Waals surface area contributed by atoms with E-state index in [9.17, 15) is 17.8 Å². The van der Waals surface area contributed by atoms with Crippen molar-refractivity contribution in [3.05, 3.63) is 35.6 Å². The van der Waals surface area contributed by atoms with Gasteiger partial charge in [0.05, 0.1) is 27.9 Å². The van der Waals surface area contributed by atoms with E-state index >= 15 is 0 Å². The van der Waals surface area contributed by atoms with Crippen LogP contribution in [0, 0.1) is 5.82 Å². The van der Waals surface area contributed by atoms with Crippen molar-refractivity contribution in [3.63, 3.8) is 0 Å². The smallest absolute Gasteiger partial charge is 0.343 e. The van der Waals surface area contributed by atoms with Crippen LogP contribution < -0.4 is 4.72 Å². The molecule has 130 valence electrons. The molecule has 0 radical (unpaired) electrons. The molecule has 23 heavy (non-hydrogen) atoms. The van der Waals surface area contributed by atoms with Gasteiger partial charge in [0, 0.05) is 5.56 Å². The summed E-state index contributed by atoms with van der Waals surface area (Å²) in [6.07, 6.45) is -2.22. The number of ether oxygens (including phenoxy) is 1. The molecule has 1 N–H and O–H groups in total. The number of esters is 1. The van der Waals surface area contributed by atoms with Gasteiger partial charge >= 0.3 is 5.97 Å². The molecule has 0 aliphatic rings. The normalized spacial score (nSPS) is 17.2. The Morgan fingerprint density at radius 3 is 2.35 bits per heavy atom. The van der Waals surface area contributed by atoms with E-state index in [2.05, 4.69) is 4.72 Å². The number of halogens is 2. The standard InChI is InChI=1S/C16H23F2NO3S/c1-6-22-14(20)13(18)16(5,19-23(21)15(2,3)4)11-9-7-8-10-12(11)17/h7-10,13,19H,6H2,1-5H3/t13-,16+,23+/m0/s1. The molecule has 0 fully saturated rings. The van der Waals surface area contributed by atoms with E-state index in [1.165, 1.54) is 25.1 Å². The minimum absolute atomic E-state index is 0.00499. The Balaban J connectivity index is 3.33. The Kier molecular flexibility index (Phi) is 6.41. The second-order valence-electron chi connectivity index (χ2n) is 6.28. The summed E-state index contributed by atoms with van der Waals surface area (Å²) in [6, 6.07) is 5.49. The van der Waals surface area contributed by atoms with Crippen LogP contribution in [0.5, 0.6) is 0 Å². The van der Waals surface area contributed by atoms with Gasteiger partial charge in [0.2, 0.25) is 6.17 Å². The zero-order valence-electron chi connectivity index (χ0n) is 14.0. The summed E-state index contributed by atoms with van der Waals surface area (Å²) < 4.78 is 48.0. The van der Waals surface area contributed by atoms with Crippen molar-refractivity contribution in [1.82, 2.24) is 4.72 Å². The van der Waals surface area contributed by atoms with Crippen molar-refractivity contribution in [2.75, 3.05) is 6.61 Å². The fraction of sp³-hybridized carbons (Fsp3) is 0.562. The van der Waals surface area contributed by atoms with Gasteiger partial charge < -0.3 is 4.74 Å². The van der Waals surface area contributed by atoms with Crippen LogP contribution in [0.4, 0.5) is 8.78 Å². The molecule has 1 aromatic rings. The largest absolute Gasteiger partial charge is 0.464 e. The summed E-state index contributed by atoms with van der Waals surface area (Å²) in [5.41, 5.74) is -1.91. The summed E-state index contributed by atoms with van der Waals surface area (Å²) in [7, 11) is -1.72. The summed E-state index contributed by atoms with van der Waals surface area (Å²) in [6.45, 7) is 7.91. The van der Waals surface area contributed by atoms with Gasteiger partial charge in [-0.05, 0) is 40.7 Å². The summed E-state index contributed by atoms with van der Waals surface area (Å²) in [5.74, 6) is -1.82. The molecular formula is C16H23F2NO3S. The Hall–Kier alpha value is -1.34. The average Bonchev–Trinajstić information content (AvgIpc) is 2.45. The van der Waals surface area contributed by atoms with Crippen molar-refractivity contribution < 1.29 is 22.5 Å². The van der Waals surface area contributed by atoms with Crippen LogP contribution in [0.3, 0.4) is 0 Å². The number of alkyl halides is 1. The zero-order chi connectivity index (χ0) is 17.8. The predicted molar refractivity (Wildman–Crippen MR) is 86.3 cm³/mol. The first-order valence-electron chi connectivity index (χ1n) is 7.29. The number of carbonyl (C=O) groups excluding carboxylic acids is 1. The van der Waals surface area contributed by atoms with Gasteiger partial charge in [-0.1, -0.05) is 18.2 Å². The first-order valence-corrected chi connectivity index (χ1v) is 8.44. The third kappa shape index (κ3) is 4.57. The van der Waals surface area contributed by atoms with Gasteiger partial charge in [-0.15, -0.1) is 0 Å². The Morgan fingerprint density at radius 1 is 1.30 bits per heavy atom. The van der Waals surface area contributed by atoms with Gasteiger partial charge in [0.1, 0.15) is 5.82 Å². The number of nitrogens with one attached hydrogen (secondary N) is 1. The van der Waals surface area contributed by atoms with Crippen molar-refractivity contribution in [1.29, 1.82) is 0 Å². The lowest BCUT2D eigenvalue weighted by Gasteiger charge is -2.35. The van der Waals surface area contributed by atoms with Gasteiger partial charge in [0.15, 0.2) is 0 Å². The van der Waals surface area contributed by atoms with Crippen LogP contribution in [-0.4, -0.2) is 27.7 Å². The summed E-state index contributed by atoms with van der Waals surface area (Å²) in [5, 5.41) is 0. The maximum Gasteiger partial charge on any atom is 0.343 e. The Morgan fingerprint density at radius 2 is 1.87 bits per heavy atom. The molecule has 1 rings (SSSR count). The number of carbonyl (C=O) groups is 1. The minimum atomic E-state index is -2.22. The first kappa shape index (κ1) is 19.7. The lowest BCUT2D eigenvalue weighted by Crippen LogP contribution is -2.54. The van der Waals surface area contributed by atoms with Gasteiger partial charge in [0.25, 0.3) is 0 Å². The number of hydrogen-bond donors (Lipinski definition) is 1. The lowest BCUT2D eigenvalue weighted by atomic mass is 9.88. The highest BCUT2D eigenvalue weighted by atomic mass is 32.2. The molecule has 0 bridgehead atoms. The third-order valence-electron chi connectivity index (χ3n) is 3.29. The lowest BCUT2D eigenvalue weighted by molar-refractivity contribution is -0.152. The second kappa shape index (κ2) is 7.49. The van der Waals surface area contributed by atoms with Gasteiger partial charge in [-0.2, -0.15) is 0 Å². The van der Waals surface area contributed by atoms with Crippen LogP contribution in [0.2, 0.25) is 0 Å². The van der Waals surface area contributed by atoms with E-state index in [1.807, 2.05) is 0 Å². The van der Waals surface area contributed by atoms with Crippen LogP contribution >= 0.6 is 0 Å². The topological polar surface area (TPSA) is 55.4 Å². The van der Waals surface area contributed by atoms with Crippen LogP contribution in [0.15, 0.2) is 24.3 Å². The fourth-order valence-electron chi connectivity index (χ4n) is 1.92. The third-order valence-corrected chi connectivity index (χ3v) is 5.02. The van der Waals surface area contributed by atoms with E-state index in [0.717, 1.165) is 6.07 Å². The highest BCUT2D eigenvalue weighted by Gasteiger charge is 2.46. The van der Waals surface area contributed by atoms with E-state index in [0.29, 0.717) is 0 Å². The van der Waals surface area contributed by atoms with E-state index in [-0.39, 0.29) is 12.2 Å². The van der Waals surface area contributed by atoms with Crippen LogP contribution in [0.1, 0.15) is 40.2 Å². The molecule has 0 unspecified atom stereocenters. The molecule has 0 aromatic heterocycles. The van der Waals surface area contributed by atoms with Crippen molar-refractivity contribution >= 4 is 17.0 Å². The van der Waals surface area contributed by atoms with E-state index < -0.39 is 39.2 Å². The molecule has 0 amide bonds. The monoisotopic (exact) mass is 347 g/mol. The molecule has 3 atom stereocenters. The number of rotatable bonds is 6. The molecule has 0 saturated heterocycles. The van der Waals surface area contributed by atoms with Crippen molar-refractivity contribution in [2.24, 2.45) is 0 Å². The predicted octanol–water partition coefficient (Wildman–Crippen LogP) is 2.99. The fourth-order valence-corrected chi connectivity index (χ4v) is 2.83. The number of benzene rings is 1. The molecule has 1 aromatic carbocycles. The molecule has 0 heterocycles. The van der Waals surface area contributed by atoms with E-state index in [4.69, 9.17) is 4.74 Å². The number of hydrogen-bond acceptors (Lipinski definition) is 3. The van der Waals surface area contributed by atoms with E-state index in [1.54, 1.807) is 27.7 Å². The summed E-state index contributed by atoms with van der Waals surface area (Å²) in [4.78, 5) is 11.8. The molecule has 4 nitrogen and oxygen atoms in total. The Bertz CT molecular complexity index is 589. The maximum atomic E-state index is 14.8.